The third kappa shape index (κ3) is 25.8. The molecule has 0 radical (unpaired) electrons. The first-order valence-electron chi connectivity index (χ1n) is 21.4. The van der Waals surface area contributed by atoms with Gasteiger partial charge in [0.2, 0.25) is 5.91 Å². The van der Waals surface area contributed by atoms with Gasteiger partial charge in [0, 0.05) is 6.42 Å². The summed E-state index contributed by atoms with van der Waals surface area (Å²) in [6.45, 7) is 3.42. The number of carbonyl (C=O) groups excluding carboxylic acids is 1. The Bertz CT molecular complexity index is 972. The van der Waals surface area contributed by atoms with E-state index in [-0.39, 0.29) is 12.5 Å². The van der Waals surface area contributed by atoms with Crippen molar-refractivity contribution in [3.8, 4) is 0 Å². The molecule has 0 aromatic carbocycles. The van der Waals surface area contributed by atoms with Crippen LogP contribution in [0, 0.1) is 0 Å². The van der Waals surface area contributed by atoms with Crippen LogP contribution in [-0.4, -0.2) is 95.4 Å². The fourth-order valence-corrected chi connectivity index (χ4v) is 7.56. The number of rotatable bonds is 36. The second-order valence-electron chi connectivity index (χ2n) is 15.3. The zero-order valence-corrected chi connectivity index (χ0v) is 34.2. The number of amides is 1. The summed E-state index contributed by atoms with van der Waals surface area (Å²) in [5, 5.41) is 44.7. The molecule has 1 heterocycles. The summed E-state index contributed by atoms with van der Waals surface area (Å²) in [5.41, 5.74) is 0. The molecule has 0 aromatic rings. The van der Waals surface area contributed by atoms with E-state index in [0.717, 1.165) is 51.4 Å². The maximum Gasteiger partial charge on any atom is 0.397 e. The zero-order valence-electron chi connectivity index (χ0n) is 33.3. The Morgan fingerprint density at radius 1 is 0.679 bits per heavy atom. The minimum absolute atomic E-state index is 0.231. The van der Waals surface area contributed by atoms with Gasteiger partial charge in [0.05, 0.1) is 25.4 Å². The van der Waals surface area contributed by atoms with Crippen LogP contribution < -0.4 is 5.32 Å². The molecule has 7 atom stereocenters. The van der Waals surface area contributed by atoms with Gasteiger partial charge in [-0.05, 0) is 12.8 Å². The Hall–Kier alpha value is -0.900. The van der Waals surface area contributed by atoms with Crippen LogP contribution in [0.5, 0.6) is 0 Å². The minimum Gasteiger partial charge on any atom is -0.394 e. The largest absolute Gasteiger partial charge is 0.397 e. The first-order valence-corrected chi connectivity index (χ1v) is 22.8. The highest BCUT2D eigenvalue weighted by atomic mass is 32.3. The van der Waals surface area contributed by atoms with Gasteiger partial charge in [0.1, 0.15) is 24.4 Å². The zero-order chi connectivity index (χ0) is 39.2. The Balaban J connectivity index is 2.52. The number of hydrogen-bond acceptors (Lipinski definition) is 10. The number of hydrogen-bond donors (Lipinski definition) is 6. The van der Waals surface area contributed by atoms with Crippen molar-refractivity contribution in [3.63, 3.8) is 0 Å². The molecule has 0 bridgehead atoms. The van der Waals surface area contributed by atoms with Crippen molar-refractivity contribution in [2.24, 2.45) is 0 Å². The number of aliphatic hydroxyl groups is 4. The standard InChI is InChI=1S/C40H79NO11S/c1-3-5-7-9-11-13-15-16-17-18-19-20-21-23-25-27-29-34(43)33(41-36(44)30-28-26-24-22-14-12-10-8-6-4-2)32-50-40-38(46)39(52-53(47,48)49)37(45)35(31-42)51-40/h33-35,37-40,42-43,45-46H,3-32H2,1-2H3,(H,41,44)(H,47,48,49). The highest BCUT2D eigenvalue weighted by Crippen LogP contribution is 2.26. The van der Waals surface area contributed by atoms with Gasteiger partial charge in [-0.25, -0.2) is 4.18 Å². The maximum atomic E-state index is 12.9. The summed E-state index contributed by atoms with van der Waals surface area (Å²) >= 11 is 0. The minimum atomic E-state index is -5.07. The SMILES string of the molecule is CCCCCCCCCCCCCCCCCCC(O)C(COC1OC(CO)C(O)C(OS(=O)(=O)O)C1O)NC(=O)CCCCCCCCCCCC. The predicted octanol–water partition coefficient (Wildman–Crippen LogP) is 7.44. The normalized spacial score (nSPS) is 21.8. The molecule has 7 unspecified atom stereocenters. The van der Waals surface area contributed by atoms with Crippen molar-refractivity contribution in [1.29, 1.82) is 0 Å². The average Bonchev–Trinajstić information content (AvgIpc) is 3.12. The summed E-state index contributed by atoms with van der Waals surface area (Å²) in [6.07, 6.45) is 22.5. The van der Waals surface area contributed by atoms with Gasteiger partial charge in [0.25, 0.3) is 0 Å². The first-order chi connectivity index (χ1) is 25.5. The molecule has 13 heteroatoms. The van der Waals surface area contributed by atoms with E-state index in [4.69, 9.17) is 14.0 Å². The van der Waals surface area contributed by atoms with Gasteiger partial charge in [-0.2, -0.15) is 8.42 Å². The van der Waals surface area contributed by atoms with Crippen molar-refractivity contribution in [2.75, 3.05) is 13.2 Å². The van der Waals surface area contributed by atoms with Crippen LogP contribution in [0.2, 0.25) is 0 Å². The van der Waals surface area contributed by atoms with Gasteiger partial charge in [0.15, 0.2) is 6.29 Å². The van der Waals surface area contributed by atoms with Crippen molar-refractivity contribution in [3.05, 3.63) is 0 Å². The Kier molecular flexibility index (Phi) is 30.5. The number of carbonyl (C=O) groups is 1. The van der Waals surface area contributed by atoms with Gasteiger partial charge in [-0.1, -0.05) is 174 Å². The van der Waals surface area contributed by atoms with E-state index in [2.05, 4.69) is 23.3 Å². The lowest BCUT2D eigenvalue weighted by Gasteiger charge is -2.41. The number of nitrogens with one attached hydrogen (secondary N) is 1. The summed E-state index contributed by atoms with van der Waals surface area (Å²) in [7, 11) is -5.07. The lowest BCUT2D eigenvalue weighted by Crippen LogP contribution is -2.61. The maximum absolute atomic E-state index is 12.9. The van der Waals surface area contributed by atoms with Crippen LogP contribution in [-0.2, 0) is 28.9 Å². The third-order valence-electron chi connectivity index (χ3n) is 10.4. The Morgan fingerprint density at radius 3 is 1.51 bits per heavy atom. The lowest BCUT2D eigenvalue weighted by molar-refractivity contribution is -0.298. The number of aliphatic hydroxyl groups excluding tert-OH is 4. The molecule has 1 fully saturated rings. The quantitative estimate of drug-likeness (QED) is 0.0274. The van der Waals surface area contributed by atoms with E-state index in [1.807, 2.05) is 0 Å². The lowest BCUT2D eigenvalue weighted by atomic mass is 9.99. The van der Waals surface area contributed by atoms with Crippen LogP contribution in [0.3, 0.4) is 0 Å². The Labute approximate surface area is 322 Å². The molecule has 0 spiro atoms. The van der Waals surface area contributed by atoms with Gasteiger partial charge < -0.3 is 35.2 Å². The predicted molar refractivity (Wildman–Crippen MR) is 209 cm³/mol. The van der Waals surface area contributed by atoms with Crippen molar-refractivity contribution >= 4 is 16.3 Å². The van der Waals surface area contributed by atoms with Gasteiger partial charge in [-0.15, -0.1) is 0 Å². The molecule has 53 heavy (non-hydrogen) atoms. The third-order valence-corrected chi connectivity index (χ3v) is 10.9. The smallest absolute Gasteiger partial charge is 0.394 e. The summed E-state index contributed by atoms with van der Waals surface area (Å²) in [6, 6.07) is -0.849. The van der Waals surface area contributed by atoms with E-state index in [1.54, 1.807) is 0 Å². The van der Waals surface area contributed by atoms with E-state index < -0.39 is 59.9 Å². The summed E-state index contributed by atoms with van der Waals surface area (Å²) in [5.74, 6) is -0.231. The summed E-state index contributed by atoms with van der Waals surface area (Å²) in [4.78, 5) is 12.9. The van der Waals surface area contributed by atoms with Crippen molar-refractivity contribution in [2.45, 2.75) is 236 Å². The fraction of sp³-hybridized carbons (Fsp3) is 0.975. The fourth-order valence-electron chi connectivity index (χ4n) is 7.05. The molecule has 0 saturated carbocycles. The van der Waals surface area contributed by atoms with Crippen LogP contribution >= 0.6 is 0 Å². The number of ether oxygens (including phenoxy) is 2. The topological polar surface area (TPSA) is 192 Å². The second-order valence-corrected chi connectivity index (χ2v) is 16.3. The molecular weight excluding hydrogens is 703 g/mol. The average molecular weight is 782 g/mol. The second kappa shape index (κ2) is 32.2. The molecular formula is C40H79NO11S. The van der Waals surface area contributed by atoms with E-state index >= 15 is 0 Å². The van der Waals surface area contributed by atoms with Gasteiger partial charge in [-0.3, -0.25) is 9.35 Å². The van der Waals surface area contributed by atoms with E-state index in [9.17, 15) is 33.6 Å². The summed E-state index contributed by atoms with van der Waals surface area (Å²) < 4.78 is 47.5. The molecule has 1 saturated heterocycles. The van der Waals surface area contributed by atoms with Crippen LogP contribution in [0.25, 0.3) is 0 Å². The van der Waals surface area contributed by atoms with Gasteiger partial charge >= 0.3 is 10.4 Å². The van der Waals surface area contributed by atoms with E-state index in [0.29, 0.717) is 12.8 Å². The van der Waals surface area contributed by atoms with E-state index in [1.165, 1.54) is 116 Å². The van der Waals surface area contributed by atoms with Crippen LogP contribution in [0.1, 0.15) is 194 Å². The van der Waals surface area contributed by atoms with Crippen molar-refractivity contribution < 1.29 is 51.8 Å². The highest BCUT2D eigenvalue weighted by molar-refractivity contribution is 7.80. The molecule has 12 nitrogen and oxygen atoms in total. The molecule has 6 N–H and O–H groups in total. The highest BCUT2D eigenvalue weighted by Gasteiger charge is 2.48. The van der Waals surface area contributed by atoms with Crippen LogP contribution in [0.15, 0.2) is 0 Å². The molecule has 0 aromatic heterocycles. The molecule has 1 aliphatic heterocycles. The molecule has 1 aliphatic rings. The molecule has 316 valence electrons. The molecule has 1 rings (SSSR count). The van der Waals surface area contributed by atoms with Crippen LogP contribution in [0.4, 0.5) is 0 Å². The first kappa shape index (κ1) is 50.1. The monoisotopic (exact) mass is 782 g/mol. The molecule has 0 aliphatic carbocycles. The number of unbranched alkanes of at least 4 members (excludes halogenated alkanes) is 24. The van der Waals surface area contributed by atoms with Crippen molar-refractivity contribution in [1.82, 2.24) is 5.32 Å². The Morgan fingerprint density at radius 2 is 1.09 bits per heavy atom. The molecule has 1 amide bonds.